The second-order valence-electron chi connectivity index (χ2n) is 6.55. The topological polar surface area (TPSA) is 93.7 Å². The summed E-state index contributed by atoms with van der Waals surface area (Å²) < 4.78 is 10.0. The monoisotopic (exact) mass is 346 g/mol. The Labute approximate surface area is 146 Å². The standard InChI is InChI=1S/C18H22N2O5/c1-10(2)15(21)20-14-7-6-12(8-11(14)3)19-9-13-16(22)24-18(4,5)25-17(13)23/h6-10,19H,1-5H3,(H,20,21). The molecule has 0 radical (unpaired) electrons. The number of ether oxygens (including phenoxy) is 2. The van der Waals surface area contributed by atoms with Gasteiger partial charge in [0.05, 0.1) is 0 Å². The Bertz CT molecular complexity index is 728. The third kappa shape index (κ3) is 4.59. The van der Waals surface area contributed by atoms with E-state index in [0.29, 0.717) is 11.4 Å². The van der Waals surface area contributed by atoms with Gasteiger partial charge in [0.25, 0.3) is 5.79 Å². The second-order valence-corrected chi connectivity index (χ2v) is 6.55. The number of carbonyl (C=O) groups is 3. The first-order chi connectivity index (χ1) is 11.6. The van der Waals surface area contributed by atoms with Gasteiger partial charge in [-0.2, -0.15) is 0 Å². The summed E-state index contributed by atoms with van der Waals surface area (Å²) in [5.41, 5.74) is 1.98. The zero-order valence-electron chi connectivity index (χ0n) is 14.9. The molecule has 1 saturated heterocycles. The van der Waals surface area contributed by atoms with Gasteiger partial charge in [0, 0.05) is 37.3 Å². The Morgan fingerprint density at radius 1 is 1.16 bits per heavy atom. The second kappa shape index (κ2) is 6.96. The van der Waals surface area contributed by atoms with E-state index >= 15 is 0 Å². The van der Waals surface area contributed by atoms with E-state index in [4.69, 9.17) is 9.47 Å². The lowest BCUT2D eigenvalue weighted by atomic mass is 10.1. The fourth-order valence-electron chi connectivity index (χ4n) is 2.10. The molecule has 0 bridgehead atoms. The molecule has 0 aliphatic carbocycles. The van der Waals surface area contributed by atoms with E-state index in [-0.39, 0.29) is 17.4 Å². The van der Waals surface area contributed by atoms with E-state index in [1.165, 1.54) is 20.0 Å². The van der Waals surface area contributed by atoms with Crippen LogP contribution in [0.5, 0.6) is 0 Å². The number of rotatable bonds is 4. The highest BCUT2D eigenvalue weighted by molar-refractivity contribution is 6.15. The molecule has 1 amide bonds. The van der Waals surface area contributed by atoms with Crippen LogP contribution in [0.1, 0.15) is 33.3 Å². The van der Waals surface area contributed by atoms with E-state index in [2.05, 4.69) is 10.6 Å². The molecule has 25 heavy (non-hydrogen) atoms. The summed E-state index contributed by atoms with van der Waals surface area (Å²) in [6.45, 7) is 8.45. The van der Waals surface area contributed by atoms with Crippen LogP contribution in [0.3, 0.4) is 0 Å². The Morgan fingerprint density at radius 3 is 2.28 bits per heavy atom. The van der Waals surface area contributed by atoms with Crippen LogP contribution in [0, 0.1) is 12.8 Å². The maximum absolute atomic E-state index is 11.9. The van der Waals surface area contributed by atoms with Gasteiger partial charge in [-0.3, -0.25) is 4.79 Å². The molecule has 2 rings (SSSR count). The number of benzene rings is 1. The molecule has 0 spiro atoms. The summed E-state index contributed by atoms with van der Waals surface area (Å²) in [6, 6.07) is 5.26. The van der Waals surface area contributed by atoms with E-state index in [1.54, 1.807) is 18.2 Å². The van der Waals surface area contributed by atoms with Crippen LogP contribution in [0.15, 0.2) is 30.0 Å². The summed E-state index contributed by atoms with van der Waals surface area (Å²) in [7, 11) is 0. The van der Waals surface area contributed by atoms with Crippen molar-refractivity contribution in [3.63, 3.8) is 0 Å². The zero-order valence-corrected chi connectivity index (χ0v) is 14.9. The van der Waals surface area contributed by atoms with Crippen molar-refractivity contribution in [2.75, 3.05) is 10.6 Å². The Kier molecular flexibility index (Phi) is 5.15. The Hall–Kier alpha value is -2.83. The van der Waals surface area contributed by atoms with Crippen molar-refractivity contribution in [1.29, 1.82) is 0 Å². The first-order valence-electron chi connectivity index (χ1n) is 7.94. The number of anilines is 2. The molecule has 134 valence electrons. The lowest BCUT2D eigenvalue weighted by molar-refractivity contribution is -0.222. The molecule has 0 saturated carbocycles. The molecule has 0 aromatic heterocycles. The predicted molar refractivity (Wildman–Crippen MR) is 92.6 cm³/mol. The molecule has 1 fully saturated rings. The fraction of sp³-hybridized carbons (Fsp3) is 0.389. The van der Waals surface area contributed by atoms with Crippen LogP contribution in [0.25, 0.3) is 0 Å². The molecule has 1 aliphatic heterocycles. The van der Waals surface area contributed by atoms with E-state index < -0.39 is 17.7 Å². The van der Waals surface area contributed by atoms with Gasteiger partial charge in [-0.15, -0.1) is 0 Å². The van der Waals surface area contributed by atoms with E-state index in [9.17, 15) is 14.4 Å². The van der Waals surface area contributed by atoms with Crippen LogP contribution in [0.4, 0.5) is 11.4 Å². The number of amides is 1. The SMILES string of the molecule is Cc1cc(NC=C2C(=O)OC(C)(C)OC2=O)ccc1NC(=O)C(C)C. The van der Waals surface area contributed by atoms with E-state index in [0.717, 1.165) is 5.56 Å². The molecule has 1 aromatic rings. The summed E-state index contributed by atoms with van der Waals surface area (Å²) in [6.07, 6.45) is 1.25. The average molecular weight is 346 g/mol. The Morgan fingerprint density at radius 2 is 1.76 bits per heavy atom. The third-order valence-corrected chi connectivity index (χ3v) is 3.51. The number of nitrogens with one attached hydrogen (secondary N) is 2. The van der Waals surface area contributed by atoms with Gasteiger partial charge in [0.15, 0.2) is 5.57 Å². The smallest absolute Gasteiger partial charge is 0.350 e. The molecule has 1 aromatic carbocycles. The zero-order chi connectivity index (χ0) is 18.8. The maximum Gasteiger partial charge on any atom is 0.350 e. The normalized spacial score (nSPS) is 16.2. The van der Waals surface area contributed by atoms with Crippen molar-refractivity contribution in [1.82, 2.24) is 0 Å². The number of hydrogen-bond acceptors (Lipinski definition) is 6. The van der Waals surface area contributed by atoms with Crippen LogP contribution >= 0.6 is 0 Å². The van der Waals surface area contributed by atoms with Crippen LogP contribution in [-0.2, 0) is 23.9 Å². The highest BCUT2D eigenvalue weighted by Gasteiger charge is 2.38. The van der Waals surface area contributed by atoms with Gasteiger partial charge >= 0.3 is 11.9 Å². The van der Waals surface area contributed by atoms with Gasteiger partial charge in [0.2, 0.25) is 5.91 Å². The maximum atomic E-state index is 11.9. The van der Waals surface area contributed by atoms with Crippen LogP contribution in [0.2, 0.25) is 0 Å². The predicted octanol–water partition coefficient (Wildman–Crippen LogP) is 2.72. The van der Waals surface area contributed by atoms with Gasteiger partial charge in [-0.1, -0.05) is 13.8 Å². The van der Waals surface area contributed by atoms with Gasteiger partial charge in [0.1, 0.15) is 0 Å². The molecular weight excluding hydrogens is 324 g/mol. The summed E-state index contributed by atoms with van der Waals surface area (Å²) >= 11 is 0. The highest BCUT2D eigenvalue weighted by Crippen LogP contribution is 2.24. The summed E-state index contributed by atoms with van der Waals surface area (Å²) in [5, 5.41) is 5.71. The first-order valence-corrected chi connectivity index (χ1v) is 7.94. The number of aryl methyl sites for hydroxylation is 1. The molecular formula is C18H22N2O5. The Balaban J connectivity index is 2.11. The van der Waals surface area contributed by atoms with Crippen LogP contribution in [-0.4, -0.2) is 23.6 Å². The lowest BCUT2D eigenvalue weighted by Crippen LogP contribution is -2.42. The first kappa shape index (κ1) is 18.5. The quantitative estimate of drug-likeness (QED) is 0.495. The van der Waals surface area contributed by atoms with Crippen molar-refractivity contribution >= 4 is 29.2 Å². The van der Waals surface area contributed by atoms with Crippen molar-refractivity contribution in [3.05, 3.63) is 35.5 Å². The molecule has 1 aliphatic rings. The molecule has 0 unspecified atom stereocenters. The number of hydrogen-bond donors (Lipinski definition) is 2. The van der Waals surface area contributed by atoms with Gasteiger partial charge in [-0.05, 0) is 30.7 Å². The largest absolute Gasteiger partial charge is 0.419 e. The minimum absolute atomic E-state index is 0.0683. The minimum Gasteiger partial charge on any atom is -0.419 e. The minimum atomic E-state index is -1.27. The van der Waals surface area contributed by atoms with E-state index in [1.807, 2.05) is 20.8 Å². The number of cyclic esters (lactones) is 2. The summed E-state index contributed by atoms with van der Waals surface area (Å²) in [4.78, 5) is 35.5. The van der Waals surface area contributed by atoms with Crippen molar-refractivity contribution in [3.8, 4) is 0 Å². The average Bonchev–Trinajstić information content (AvgIpc) is 2.47. The van der Waals surface area contributed by atoms with Crippen molar-refractivity contribution in [2.45, 2.75) is 40.4 Å². The summed E-state index contributed by atoms with van der Waals surface area (Å²) in [5.74, 6) is -2.94. The fourth-order valence-corrected chi connectivity index (χ4v) is 2.10. The molecule has 2 N–H and O–H groups in total. The van der Waals surface area contributed by atoms with Crippen molar-refractivity contribution in [2.24, 2.45) is 5.92 Å². The van der Waals surface area contributed by atoms with Gasteiger partial charge < -0.3 is 20.1 Å². The molecule has 1 heterocycles. The van der Waals surface area contributed by atoms with Crippen LogP contribution < -0.4 is 10.6 Å². The van der Waals surface area contributed by atoms with Gasteiger partial charge in [-0.25, -0.2) is 9.59 Å². The molecule has 7 heteroatoms. The number of esters is 2. The highest BCUT2D eigenvalue weighted by atomic mass is 16.7. The number of carbonyl (C=O) groups excluding carboxylic acids is 3. The van der Waals surface area contributed by atoms with Crippen molar-refractivity contribution < 1.29 is 23.9 Å². The third-order valence-electron chi connectivity index (χ3n) is 3.51. The lowest BCUT2D eigenvalue weighted by Gasteiger charge is -2.29. The molecule has 7 nitrogen and oxygen atoms in total. The molecule has 0 atom stereocenters.